The summed E-state index contributed by atoms with van der Waals surface area (Å²) in [6.45, 7) is 1.64. The van der Waals surface area contributed by atoms with Crippen LogP contribution in [-0.4, -0.2) is 32.8 Å². The third-order valence-electron chi connectivity index (χ3n) is 4.90. The summed E-state index contributed by atoms with van der Waals surface area (Å²) in [4.78, 5) is 12.7. The molecule has 1 heterocycles. The molecule has 1 aliphatic rings. The van der Waals surface area contributed by atoms with Gasteiger partial charge in [-0.1, -0.05) is 23.7 Å². The first-order chi connectivity index (χ1) is 12.5. The van der Waals surface area contributed by atoms with Gasteiger partial charge in [0.05, 0.1) is 12.7 Å². The molecule has 4 nitrogen and oxygen atoms in total. The second-order valence-electron chi connectivity index (χ2n) is 6.43. The Morgan fingerprint density at radius 3 is 2.58 bits per heavy atom. The van der Waals surface area contributed by atoms with Crippen LogP contribution in [-0.2, 0) is 10.2 Å². The van der Waals surface area contributed by atoms with E-state index in [-0.39, 0.29) is 17.1 Å². The van der Waals surface area contributed by atoms with Gasteiger partial charge in [0, 0.05) is 30.2 Å². The van der Waals surface area contributed by atoms with Crippen LogP contribution in [0.1, 0.15) is 28.8 Å². The number of halogens is 2. The second-order valence-corrected chi connectivity index (χ2v) is 6.86. The first kappa shape index (κ1) is 18.7. The van der Waals surface area contributed by atoms with Crippen LogP contribution in [0, 0.1) is 5.82 Å². The molecule has 3 rings (SSSR count). The fraction of sp³-hybridized carbons (Fsp3) is 0.350. The zero-order chi connectivity index (χ0) is 18.6. The van der Waals surface area contributed by atoms with Crippen LogP contribution in [0.2, 0.25) is 5.02 Å². The fourth-order valence-corrected chi connectivity index (χ4v) is 3.51. The molecule has 0 bridgehead atoms. The molecule has 0 unspecified atom stereocenters. The van der Waals surface area contributed by atoms with Crippen molar-refractivity contribution in [2.75, 3.05) is 26.9 Å². The van der Waals surface area contributed by atoms with Crippen molar-refractivity contribution >= 4 is 17.5 Å². The molecule has 2 aromatic carbocycles. The number of carbonyl (C=O) groups is 1. The summed E-state index contributed by atoms with van der Waals surface area (Å²) in [6, 6.07) is 11.4. The molecule has 1 amide bonds. The van der Waals surface area contributed by atoms with Crippen molar-refractivity contribution in [3.63, 3.8) is 0 Å². The zero-order valence-electron chi connectivity index (χ0n) is 14.6. The minimum Gasteiger partial charge on any atom is -0.496 e. The Kier molecular flexibility index (Phi) is 5.79. The number of ether oxygens (including phenoxy) is 2. The van der Waals surface area contributed by atoms with E-state index >= 15 is 0 Å². The molecule has 26 heavy (non-hydrogen) atoms. The summed E-state index contributed by atoms with van der Waals surface area (Å²) in [5.74, 6) is -0.0595. The average molecular weight is 378 g/mol. The highest BCUT2D eigenvalue weighted by Gasteiger charge is 2.35. The second kappa shape index (κ2) is 8.06. The highest BCUT2D eigenvalue weighted by molar-refractivity contribution is 6.31. The lowest BCUT2D eigenvalue weighted by atomic mass is 9.74. The van der Waals surface area contributed by atoms with Crippen molar-refractivity contribution in [2.24, 2.45) is 0 Å². The summed E-state index contributed by atoms with van der Waals surface area (Å²) >= 11 is 6.02. The number of benzene rings is 2. The maximum Gasteiger partial charge on any atom is 0.255 e. The number of hydrogen-bond donors (Lipinski definition) is 1. The molecule has 1 N–H and O–H groups in total. The van der Waals surface area contributed by atoms with Crippen LogP contribution in [0.25, 0.3) is 0 Å². The zero-order valence-corrected chi connectivity index (χ0v) is 15.3. The van der Waals surface area contributed by atoms with E-state index in [1.165, 1.54) is 19.2 Å². The van der Waals surface area contributed by atoms with E-state index in [1.54, 1.807) is 30.3 Å². The summed E-state index contributed by atoms with van der Waals surface area (Å²) in [5, 5.41) is 3.47. The molecule has 1 saturated heterocycles. The lowest BCUT2D eigenvalue weighted by molar-refractivity contribution is 0.0486. The molecular weight excluding hydrogens is 357 g/mol. The SMILES string of the molecule is COc1ccc(Cl)cc1C(=O)NCC1(c2ccc(F)cc2)CCOCC1. The van der Waals surface area contributed by atoms with Gasteiger partial charge in [-0.3, -0.25) is 4.79 Å². The van der Waals surface area contributed by atoms with Crippen molar-refractivity contribution in [2.45, 2.75) is 18.3 Å². The van der Waals surface area contributed by atoms with Gasteiger partial charge in [-0.05, 0) is 48.7 Å². The predicted molar refractivity (Wildman–Crippen MR) is 98.5 cm³/mol. The monoisotopic (exact) mass is 377 g/mol. The Hall–Kier alpha value is -2.11. The lowest BCUT2D eigenvalue weighted by Gasteiger charge is -2.38. The molecule has 0 spiro atoms. The maximum absolute atomic E-state index is 13.3. The molecule has 138 valence electrons. The highest BCUT2D eigenvalue weighted by atomic mass is 35.5. The van der Waals surface area contributed by atoms with Crippen molar-refractivity contribution in [1.29, 1.82) is 0 Å². The minimum atomic E-state index is -0.284. The standard InChI is InChI=1S/C20H21ClFNO3/c1-25-18-7-4-15(21)12-17(18)19(24)23-13-20(8-10-26-11-9-20)14-2-5-16(22)6-3-14/h2-7,12H,8-11,13H2,1H3,(H,23,24). The van der Waals surface area contributed by atoms with Crippen LogP contribution < -0.4 is 10.1 Å². The highest BCUT2D eigenvalue weighted by Crippen LogP contribution is 2.34. The Bertz CT molecular complexity index is 773. The Morgan fingerprint density at radius 2 is 1.92 bits per heavy atom. The van der Waals surface area contributed by atoms with E-state index in [4.69, 9.17) is 21.1 Å². The van der Waals surface area contributed by atoms with Crippen LogP contribution >= 0.6 is 11.6 Å². The molecule has 0 radical (unpaired) electrons. The van der Waals surface area contributed by atoms with Crippen molar-refractivity contribution < 1.29 is 18.7 Å². The number of nitrogens with one attached hydrogen (secondary N) is 1. The first-order valence-electron chi connectivity index (χ1n) is 8.50. The summed E-state index contributed by atoms with van der Waals surface area (Å²) < 4.78 is 24.1. The molecular formula is C20H21ClFNO3. The summed E-state index contributed by atoms with van der Waals surface area (Å²) in [5.41, 5.74) is 1.11. The summed E-state index contributed by atoms with van der Waals surface area (Å²) in [6.07, 6.45) is 1.51. The van der Waals surface area contributed by atoms with E-state index < -0.39 is 0 Å². The van der Waals surface area contributed by atoms with Gasteiger partial charge in [-0.25, -0.2) is 4.39 Å². The fourth-order valence-electron chi connectivity index (χ4n) is 3.34. The van der Waals surface area contributed by atoms with Crippen molar-refractivity contribution in [3.05, 3.63) is 64.4 Å². The van der Waals surface area contributed by atoms with Crippen molar-refractivity contribution in [3.8, 4) is 5.75 Å². The van der Waals surface area contributed by atoms with Crippen LogP contribution in [0.5, 0.6) is 5.75 Å². The van der Waals surface area contributed by atoms with Gasteiger partial charge in [0.1, 0.15) is 11.6 Å². The molecule has 0 saturated carbocycles. The minimum absolute atomic E-state index is 0.252. The van der Waals surface area contributed by atoms with Gasteiger partial charge in [0.2, 0.25) is 0 Å². The largest absolute Gasteiger partial charge is 0.496 e. The number of amides is 1. The van der Waals surface area contributed by atoms with Crippen LogP contribution in [0.15, 0.2) is 42.5 Å². The number of carbonyl (C=O) groups excluding carboxylic acids is 1. The van der Waals surface area contributed by atoms with E-state index in [0.29, 0.717) is 36.1 Å². The van der Waals surface area contributed by atoms with Gasteiger partial charge >= 0.3 is 0 Å². The van der Waals surface area contributed by atoms with E-state index in [9.17, 15) is 9.18 Å². The van der Waals surface area contributed by atoms with Gasteiger partial charge in [0.25, 0.3) is 5.91 Å². The molecule has 0 aromatic heterocycles. The smallest absolute Gasteiger partial charge is 0.255 e. The van der Waals surface area contributed by atoms with Gasteiger partial charge < -0.3 is 14.8 Å². The van der Waals surface area contributed by atoms with Crippen LogP contribution in [0.3, 0.4) is 0 Å². The van der Waals surface area contributed by atoms with Crippen LogP contribution in [0.4, 0.5) is 4.39 Å². The van der Waals surface area contributed by atoms with Gasteiger partial charge in [-0.2, -0.15) is 0 Å². The lowest BCUT2D eigenvalue weighted by Crippen LogP contribution is -2.44. The average Bonchev–Trinajstić information content (AvgIpc) is 2.67. The molecule has 1 aliphatic heterocycles. The Labute approximate surface area is 157 Å². The first-order valence-corrected chi connectivity index (χ1v) is 8.87. The predicted octanol–water partition coefficient (Wildman–Crippen LogP) is 3.97. The molecule has 1 fully saturated rings. The Balaban J connectivity index is 1.81. The van der Waals surface area contributed by atoms with Gasteiger partial charge in [0.15, 0.2) is 0 Å². The third-order valence-corrected chi connectivity index (χ3v) is 5.14. The number of hydrogen-bond acceptors (Lipinski definition) is 3. The Morgan fingerprint density at radius 1 is 1.23 bits per heavy atom. The maximum atomic E-state index is 13.3. The normalized spacial score (nSPS) is 16.1. The van der Waals surface area contributed by atoms with E-state index in [1.807, 2.05) is 0 Å². The summed E-state index contributed by atoms with van der Waals surface area (Å²) in [7, 11) is 1.51. The molecule has 2 aromatic rings. The number of rotatable bonds is 5. The molecule has 0 atom stereocenters. The quantitative estimate of drug-likeness (QED) is 0.857. The number of methoxy groups -OCH3 is 1. The van der Waals surface area contributed by atoms with E-state index in [0.717, 1.165) is 18.4 Å². The van der Waals surface area contributed by atoms with E-state index in [2.05, 4.69) is 5.32 Å². The molecule has 6 heteroatoms. The molecule has 0 aliphatic carbocycles. The van der Waals surface area contributed by atoms with Gasteiger partial charge in [-0.15, -0.1) is 0 Å². The topological polar surface area (TPSA) is 47.6 Å². The van der Waals surface area contributed by atoms with Crippen molar-refractivity contribution in [1.82, 2.24) is 5.32 Å². The third kappa shape index (κ3) is 4.00.